The average molecular weight is 500 g/mol. The Morgan fingerprint density at radius 2 is 1.86 bits per heavy atom. The maximum atomic E-state index is 13.8. The topological polar surface area (TPSA) is 49.0 Å². The molecule has 36 heavy (non-hydrogen) atoms. The van der Waals surface area contributed by atoms with Crippen molar-refractivity contribution in [1.82, 2.24) is 14.9 Å². The summed E-state index contributed by atoms with van der Waals surface area (Å²) in [5.74, 6) is -0.334. The van der Waals surface area contributed by atoms with E-state index in [1.54, 1.807) is 31.5 Å². The van der Waals surface area contributed by atoms with Gasteiger partial charge in [0.15, 0.2) is 5.78 Å². The number of hydrogen-bond acceptors (Lipinski definition) is 3. The number of ketones is 1. The first-order valence-electron chi connectivity index (χ1n) is 12.1. The van der Waals surface area contributed by atoms with Gasteiger partial charge in [0, 0.05) is 60.5 Å². The highest BCUT2D eigenvalue weighted by Crippen LogP contribution is 2.40. The zero-order chi connectivity index (χ0) is 25.1. The monoisotopic (exact) mass is 499 g/mol. The molecule has 0 bridgehead atoms. The molecule has 0 atom stereocenters. The summed E-state index contributed by atoms with van der Waals surface area (Å²) in [6.45, 7) is 4.40. The molecule has 1 aliphatic rings. The third kappa shape index (κ3) is 5.18. The van der Waals surface area contributed by atoms with E-state index in [4.69, 9.17) is 11.6 Å². The quantitative estimate of drug-likeness (QED) is 0.277. The van der Waals surface area contributed by atoms with Crippen molar-refractivity contribution in [3.05, 3.63) is 107 Å². The summed E-state index contributed by atoms with van der Waals surface area (Å²) in [5.41, 5.74) is 8.31. The Hall–Kier alpha value is -3.54. The lowest BCUT2D eigenvalue weighted by Crippen LogP contribution is -2.30. The van der Waals surface area contributed by atoms with Crippen LogP contribution in [0.5, 0.6) is 0 Å². The van der Waals surface area contributed by atoms with Crippen molar-refractivity contribution in [3.8, 4) is 22.4 Å². The molecule has 182 valence electrons. The predicted octanol–water partition coefficient (Wildman–Crippen LogP) is 7.07. The molecule has 0 saturated heterocycles. The number of aromatic amines is 1. The maximum absolute atomic E-state index is 13.8. The number of rotatable bonds is 7. The fraction of sp³-hybridized carbons (Fsp3) is 0.200. The van der Waals surface area contributed by atoms with Gasteiger partial charge < -0.3 is 4.98 Å². The minimum Gasteiger partial charge on any atom is -0.360 e. The van der Waals surface area contributed by atoms with E-state index in [1.807, 2.05) is 42.6 Å². The maximum Gasteiger partial charge on any atom is 0.159 e. The Morgan fingerprint density at radius 3 is 2.53 bits per heavy atom. The largest absolute Gasteiger partial charge is 0.360 e. The lowest BCUT2D eigenvalue weighted by molar-refractivity contribution is 0.101. The first kappa shape index (κ1) is 24.2. The van der Waals surface area contributed by atoms with Gasteiger partial charge in [0.25, 0.3) is 0 Å². The van der Waals surface area contributed by atoms with Gasteiger partial charge in [-0.1, -0.05) is 41.9 Å². The SMILES string of the molecule is CC(=O)c1ccc(CCN2CC=C(c3c[nH]c(-c4ccc(F)c(Cl)c4)c3-c3ccncc3)CC2)cc1. The Labute approximate surface area is 215 Å². The standard InChI is InChI=1S/C30H27ClFN3O/c1-20(36)22-4-2-21(3-5-22)10-15-35-16-11-23(12-17-35)26-19-34-30(25-6-7-28(32)27(31)18-25)29(26)24-8-13-33-14-9-24/h2-9,11,13-14,18-19,34H,10,12,15-17H2,1H3. The zero-order valence-corrected chi connectivity index (χ0v) is 20.9. The van der Waals surface area contributed by atoms with E-state index >= 15 is 0 Å². The molecule has 0 aliphatic carbocycles. The normalized spacial score (nSPS) is 14.0. The summed E-state index contributed by atoms with van der Waals surface area (Å²) in [7, 11) is 0. The number of nitrogens with zero attached hydrogens (tertiary/aromatic N) is 2. The van der Waals surface area contributed by atoms with Crippen molar-refractivity contribution >= 4 is 23.0 Å². The Kier molecular flexibility index (Phi) is 7.12. The van der Waals surface area contributed by atoms with Crippen LogP contribution in [0.3, 0.4) is 0 Å². The molecule has 6 heteroatoms. The summed E-state index contributed by atoms with van der Waals surface area (Å²) in [6.07, 6.45) is 9.80. The molecule has 0 unspecified atom stereocenters. The fourth-order valence-corrected chi connectivity index (χ4v) is 4.91. The summed E-state index contributed by atoms with van der Waals surface area (Å²) < 4.78 is 13.8. The van der Waals surface area contributed by atoms with Gasteiger partial charge in [0.1, 0.15) is 5.82 Å². The van der Waals surface area contributed by atoms with Crippen molar-refractivity contribution in [1.29, 1.82) is 0 Å². The summed E-state index contributed by atoms with van der Waals surface area (Å²) in [6, 6.07) is 16.7. The summed E-state index contributed by atoms with van der Waals surface area (Å²) >= 11 is 6.10. The lowest BCUT2D eigenvalue weighted by Gasteiger charge is -2.26. The first-order chi connectivity index (χ1) is 17.5. The minimum absolute atomic E-state index is 0.0943. The Bertz CT molecular complexity index is 1410. The number of carbonyl (C=O) groups is 1. The number of aromatic nitrogens is 2. The van der Waals surface area contributed by atoms with Crippen LogP contribution in [0.15, 0.2) is 79.3 Å². The smallest absolute Gasteiger partial charge is 0.159 e. The van der Waals surface area contributed by atoms with E-state index in [0.717, 1.165) is 66.0 Å². The van der Waals surface area contributed by atoms with Gasteiger partial charge in [-0.15, -0.1) is 0 Å². The van der Waals surface area contributed by atoms with Crippen molar-refractivity contribution in [2.24, 2.45) is 0 Å². The van der Waals surface area contributed by atoms with Crippen LogP contribution in [0, 0.1) is 5.82 Å². The highest BCUT2D eigenvalue weighted by Gasteiger charge is 2.21. The highest BCUT2D eigenvalue weighted by atomic mass is 35.5. The fourth-order valence-electron chi connectivity index (χ4n) is 4.73. The van der Waals surface area contributed by atoms with E-state index in [9.17, 15) is 9.18 Å². The number of nitrogens with one attached hydrogen (secondary N) is 1. The van der Waals surface area contributed by atoms with Crippen LogP contribution in [0.4, 0.5) is 4.39 Å². The molecule has 4 nitrogen and oxygen atoms in total. The predicted molar refractivity (Wildman–Crippen MR) is 144 cm³/mol. The highest BCUT2D eigenvalue weighted by molar-refractivity contribution is 6.31. The number of halogens is 2. The van der Waals surface area contributed by atoms with Crippen LogP contribution in [-0.4, -0.2) is 40.3 Å². The van der Waals surface area contributed by atoms with E-state index in [-0.39, 0.29) is 10.8 Å². The molecule has 4 aromatic rings. The molecule has 0 amide bonds. The van der Waals surface area contributed by atoms with Gasteiger partial charge in [-0.2, -0.15) is 0 Å². The van der Waals surface area contributed by atoms with E-state index in [2.05, 4.69) is 20.9 Å². The Balaban J connectivity index is 1.36. The van der Waals surface area contributed by atoms with E-state index in [1.165, 1.54) is 17.2 Å². The van der Waals surface area contributed by atoms with Crippen molar-refractivity contribution in [3.63, 3.8) is 0 Å². The van der Waals surface area contributed by atoms with E-state index in [0.29, 0.717) is 0 Å². The molecule has 3 heterocycles. The third-order valence-corrected chi connectivity index (χ3v) is 7.06. The molecule has 5 rings (SSSR count). The van der Waals surface area contributed by atoms with Gasteiger partial charge in [0.2, 0.25) is 0 Å². The van der Waals surface area contributed by atoms with Crippen LogP contribution in [-0.2, 0) is 6.42 Å². The third-order valence-electron chi connectivity index (χ3n) is 6.77. The van der Waals surface area contributed by atoms with Crippen molar-refractivity contribution < 1.29 is 9.18 Å². The number of benzene rings is 2. The summed E-state index contributed by atoms with van der Waals surface area (Å²) in [4.78, 5) is 21.5. The van der Waals surface area contributed by atoms with Crippen LogP contribution < -0.4 is 0 Å². The van der Waals surface area contributed by atoms with Crippen LogP contribution in [0.25, 0.3) is 28.0 Å². The lowest BCUT2D eigenvalue weighted by atomic mass is 9.92. The second kappa shape index (κ2) is 10.6. The Morgan fingerprint density at radius 1 is 1.08 bits per heavy atom. The van der Waals surface area contributed by atoms with E-state index < -0.39 is 5.82 Å². The van der Waals surface area contributed by atoms with Gasteiger partial charge in [-0.25, -0.2) is 4.39 Å². The van der Waals surface area contributed by atoms with Crippen molar-refractivity contribution in [2.45, 2.75) is 19.8 Å². The van der Waals surface area contributed by atoms with Gasteiger partial charge >= 0.3 is 0 Å². The molecule has 0 saturated carbocycles. The molecule has 0 radical (unpaired) electrons. The molecule has 1 aliphatic heterocycles. The minimum atomic E-state index is -0.428. The number of H-pyrrole nitrogens is 1. The van der Waals surface area contributed by atoms with Crippen LogP contribution >= 0.6 is 11.6 Å². The van der Waals surface area contributed by atoms with Crippen LogP contribution in [0.1, 0.15) is 34.8 Å². The number of pyridine rings is 1. The number of hydrogen-bond donors (Lipinski definition) is 1. The van der Waals surface area contributed by atoms with Crippen LogP contribution in [0.2, 0.25) is 5.02 Å². The van der Waals surface area contributed by atoms with Gasteiger partial charge in [-0.05, 0) is 66.8 Å². The first-order valence-corrected chi connectivity index (χ1v) is 12.5. The van der Waals surface area contributed by atoms with Crippen molar-refractivity contribution in [2.75, 3.05) is 19.6 Å². The second-order valence-electron chi connectivity index (χ2n) is 9.10. The van der Waals surface area contributed by atoms with Gasteiger partial charge in [0.05, 0.1) is 10.7 Å². The molecular formula is C30H27ClFN3O. The molecule has 2 aromatic carbocycles. The molecule has 0 spiro atoms. The zero-order valence-electron chi connectivity index (χ0n) is 20.1. The summed E-state index contributed by atoms with van der Waals surface area (Å²) in [5, 5.41) is 0.104. The molecule has 2 aromatic heterocycles. The number of Topliss-reactive ketones (excluding diaryl/α,β-unsaturated/α-hetero) is 1. The molecule has 1 N–H and O–H groups in total. The molecule has 0 fully saturated rings. The van der Waals surface area contributed by atoms with Gasteiger partial charge in [-0.3, -0.25) is 14.7 Å². The average Bonchev–Trinajstić information content (AvgIpc) is 3.35. The number of carbonyl (C=O) groups excluding carboxylic acids is 1. The second-order valence-corrected chi connectivity index (χ2v) is 9.51. The molecular weight excluding hydrogens is 473 g/mol.